The van der Waals surface area contributed by atoms with Crippen LogP contribution in [0.2, 0.25) is 0 Å². The van der Waals surface area contributed by atoms with E-state index in [2.05, 4.69) is 20.6 Å². The van der Waals surface area contributed by atoms with Crippen LogP contribution in [0, 0.1) is 0 Å². The number of aromatic nitrogens is 1. The molecule has 8 heteroatoms. The summed E-state index contributed by atoms with van der Waals surface area (Å²) < 4.78 is 10.7. The van der Waals surface area contributed by atoms with Crippen molar-refractivity contribution in [2.24, 2.45) is 4.99 Å². The third kappa shape index (κ3) is 5.93. The Balaban J connectivity index is 1.50. The van der Waals surface area contributed by atoms with Gasteiger partial charge in [-0.2, -0.15) is 0 Å². The first kappa shape index (κ1) is 21.6. The summed E-state index contributed by atoms with van der Waals surface area (Å²) in [6.07, 6.45) is 3.28. The van der Waals surface area contributed by atoms with Gasteiger partial charge in [-0.15, -0.1) is 0 Å². The minimum absolute atomic E-state index is 0.200. The Labute approximate surface area is 177 Å². The third-order valence-corrected chi connectivity index (χ3v) is 4.83. The van der Waals surface area contributed by atoms with Gasteiger partial charge in [-0.1, -0.05) is 18.2 Å². The average molecular weight is 412 g/mol. The second kappa shape index (κ2) is 11.2. The number of nitrogens with one attached hydrogen (secondary N) is 2. The van der Waals surface area contributed by atoms with E-state index in [-0.39, 0.29) is 5.91 Å². The normalized spacial score (nSPS) is 14.1. The Morgan fingerprint density at radius 2 is 1.97 bits per heavy atom. The summed E-state index contributed by atoms with van der Waals surface area (Å²) in [5.74, 6) is 1.47. The number of carbonyl (C=O) groups excluding carboxylic acids is 1. The molecule has 0 aliphatic carbocycles. The molecule has 2 N–H and O–H groups in total. The molecule has 1 saturated heterocycles. The lowest BCUT2D eigenvalue weighted by atomic mass is 10.2. The van der Waals surface area contributed by atoms with Crippen molar-refractivity contribution in [3.05, 3.63) is 53.7 Å². The molecule has 2 aromatic rings. The first-order chi connectivity index (χ1) is 14.7. The van der Waals surface area contributed by atoms with Crippen LogP contribution in [0.4, 0.5) is 5.69 Å². The minimum Gasteiger partial charge on any atom is -0.475 e. The second-order valence-corrected chi connectivity index (χ2v) is 6.90. The van der Waals surface area contributed by atoms with Gasteiger partial charge in [-0.3, -0.25) is 9.79 Å². The lowest BCUT2D eigenvalue weighted by Crippen LogP contribution is -2.36. The number of anilines is 1. The largest absolute Gasteiger partial charge is 0.475 e. The third-order valence-electron chi connectivity index (χ3n) is 4.83. The van der Waals surface area contributed by atoms with Gasteiger partial charge in [0.1, 0.15) is 6.61 Å². The molecular formula is C22H29N5O3. The van der Waals surface area contributed by atoms with Gasteiger partial charge in [0.15, 0.2) is 5.96 Å². The topological polar surface area (TPSA) is 88.1 Å². The maximum Gasteiger partial charge on any atom is 0.227 e. The fourth-order valence-electron chi connectivity index (χ4n) is 3.21. The smallest absolute Gasteiger partial charge is 0.227 e. The van der Waals surface area contributed by atoms with Crippen molar-refractivity contribution in [2.45, 2.75) is 25.9 Å². The lowest BCUT2D eigenvalue weighted by molar-refractivity contribution is -0.117. The quantitative estimate of drug-likeness (QED) is 0.373. The SMILES string of the molecule is CN=C(NCc1ccc(N2CCCC2=O)cc1)NCc1cccnc1OCCOC. The predicted octanol–water partition coefficient (Wildman–Crippen LogP) is 2.10. The van der Waals surface area contributed by atoms with Crippen LogP contribution in [0.15, 0.2) is 47.6 Å². The van der Waals surface area contributed by atoms with Gasteiger partial charge in [0.25, 0.3) is 0 Å². The van der Waals surface area contributed by atoms with Gasteiger partial charge >= 0.3 is 0 Å². The van der Waals surface area contributed by atoms with Gasteiger partial charge in [0.2, 0.25) is 11.8 Å². The van der Waals surface area contributed by atoms with Gasteiger partial charge in [0.05, 0.1) is 6.61 Å². The van der Waals surface area contributed by atoms with Gasteiger partial charge in [0, 0.05) is 57.7 Å². The number of guanidine groups is 1. The molecule has 1 aliphatic rings. The molecule has 8 nitrogen and oxygen atoms in total. The van der Waals surface area contributed by atoms with Crippen molar-refractivity contribution in [3.8, 4) is 5.88 Å². The van der Waals surface area contributed by atoms with E-state index in [9.17, 15) is 4.79 Å². The highest BCUT2D eigenvalue weighted by Gasteiger charge is 2.21. The van der Waals surface area contributed by atoms with E-state index < -0.39 is 0 Å². The monoisotopic (exact) mass is 411 g/mol. The molecule has 30 heavy (non-hydrogen) atoms. The molecule has 1 fully saturated rings. The number of pyridine rings is 1. The molecule has 1 aliphatic heterocycles. The fourth-order valence-corrected chi connectivity index (χ4v) is 3.21. The van der Waals surface area contributed by atoms with E-state index in [1.165, 1.54) is 0 Å². The Kier molecular flexibility index (Phi) is 8.02. The Morgan fingerprint density at radius 3 is 2.67 bits per heavy atom. The highest BCUT2D eigenvalue weighted by Crippen LogP contribution is 2.21. The molecule has 1 aromatic heterocycles. The van der Waals surface area contributed by atoms with Crippen LogP contribution in [-0.4, -0.2) is 50.8 Å². The second-order valence-electron chi connectivity index (χ2n) is 6.90. The van der Waals surface area contributed by atoms with Crippen LogP contribution in [0.3, 0.4) is 0 Å². The molecule has 0 atom stereocenters. The van der Waals surface area contributed by atoms with E-state index in [0.717, 1.165) is 29.8 Å². The van der Waals surface area contributed by atoms with Crippen LogP contribution in [0.5, 0.6) is 5.88 Å². The molecule has 160 valence electrons. The molecule has 0 radical (unpaired) electrons. The summed E-state index contributed by atoms with van der Waals surface area (Å²) in [6, 6.07) is 11.9. The standard InChI is InChI=1S/C22H29N5O3/c1-23-22(26-16-18-5-3-11-24-21(18)30-14-13-29-2)25-15-17-7-9-19(10-8-17)27-12-4-6-20(27)28/h3,5,7-11H,4,6,12-16H2,1-2H3,(H2,23,25,26). The maximum atomic E-state index is 11.9. The zero-order valence-corrected chi connectivity index (χ0v) is 17.6. The van der Waals surface area contributed by atoms with E-state index in [4.69, 9.17) is 9.47 Å². The molecule has 0 bridgehead atoms. The van der Waals surface area contributed by atoms with Gasteiger partial charge < -0.3 is 25.0 Å². The molecule has 1 aromatic carbocycles. The molecule has 2 heterocycles. The van der Waals surface area contributed by atoms with E-state index in [0.29, 0.717) is 44.6 Å². The van der Waals surface area contributed by atoms with Crippen molar-refractivity contribution in [1.82, 2.24) is 15.6 Å². The molecule has 0 spiro atoms. The van der Waals surface area contributed by atoms with E-state index in [1.54, 1.807) is 20.4 Å². The van der Waals surface area contributed by atoms with Crippen molar-refractivity contribution in [2.75, 3.05) is 38.8 Å². The Hall–Kier alpha value is -3.13. The fraction of sp³-hybridized carbons (Fsp3) is 0.409. The summed E-state index contributed by atoms with van der Waals surface area (Å²) in [5.41, 5.74) is 3.01. The molecule has 1 amide bonds. The number of methoxy groups -OCH3 is 1. The van der Waals surface area contributed by atoms with Crippen molar-refractivity contribution >= 4 is 17.6 Å². The number of benzene rings is 1. The van der Waals surface area contributed by atoms with Crippen molar-refractivity contribution in [1.29, 1.82) is 0 Å². The average Bonchev–Trinajstić information content (AvgIpc) is 3.21. The first-order valence-electron chi connectivity index (χ1n) is 10.1. The number of nitrogens with zero attached hydrogens (tertiary/aromatic N) is 3. The summed E-state index contributed by atoms with van der Waals surface area (Å²) in [7, 11) is 3.37. The highest BCUT2D eigenvalue weighted by molar-refractivity contribution is 5.95. The number of hydrogen-bond donors (Lipinski definition) is 2. The number of ether oxygens (including phenoxy) is 2. The van der Waals surface area contributed by atoms with Crippen LogP contribution in [0.25, 0.3) is 0 Å². The summed E-state index contributed by atoms with van der Waals surface area (Å²) >= 11 is 0. The first-order valence-corrected chi connectivity index (χ1v) is 10.1. The van der Waals surface area contributed by atoms with Crippen LogP contribution in [0.1, 0.15) is 24.0 Å². The maximum absolute atomic E-state index is 11.9. The Bertz CT molecular complexity index is 854. The van der Waals surface area contributed by atoms with Crippen molar-refractivity contribution < 1.29 is 14.3 Å². The molecular weight excluding hydrogens is 382 g/mol. The van der Waals surface area contributed by atoms with Crippen LogP contribution < -0.4 is 20.3 Å². The molecule has 0 saturated carbocycles. The highest BCUT2D eigenvalue weighted by atomic mass is 16.5. The summed E-state index contributed by atoms with van der Waals surface area (Å²) in [5, 5.41) is 6.59. The summed E-state index contributed by atoms with van der Waals surface area (Å²) in [4.78, 5) is 22.3. The minimum atomic E-state index is 0.200. The van der Waals surface area contributed by atoms with E-state index >= 15 is 0 Å². The predicted molar refractivity (Wildman–Crippen MR) is 117 cm³/mol. The van der Waals surface area contributed by atoms with Crippen LogP contribution >= 0.6 is 0 Å². The molecule has 0 unspecified atom stereocenters. The number of hydrogen-bond acceptors (Lipinski definition) is 5. The zero-order chi connectivity index (χ0) is 21.2. The number of aliphatic imine (C=N–C) groups is 1. The zero-order valence-electron chi connectivity index (χ0n) is 17.6. The van der Waals surface area contributed by atoms with E-state index in [1.807, 2.05) is 41.3 Å². The van der Waals surface area contributed by atoms with Crippen molar-refractivity contribution in [3.63, 3.8) is 0 Å². The van der Waals surface area contributed by atoms with Gasteiger partial charge in [-0.25, -0.2) is 4.98 Å². The number of carbonyl (C=O) groups is 1. The Morgan fingerprint density at radius 1 is 1.17 bits per heavy atom. The summed E-state index contributed by atoms with van der Waals surface area (Å²) in [6.45, 7) is 2.92. The van der Waals surface area contributed by atoms with Gasteiger partial charge in [-0.05, 0) is 30.2 Å². The van der Waals surface area contributed by atoms with Crippen LogP contribution in [-0.2, 0) is 22.6 Å². The molecule has 3 rings (SSSR count). The number of rotatable bonds is 9. The lowest BCUT2D eigenvalue weighted by Gasteiger charge is -2.17. The number of amides is 1.